The smallest absolute Gasteiger partial charge is 0.164 e. The van der Waals surface area contributed by atoms with Crippen LogP contribution >= 0.6 is 0 Å². The normalized spacial score (nSPS) is 11.2. The monoisotopic (exact) mass is 639 g/mol. The lowest BCUT2D eigenvalue weighted by Crippen LogP contribution is -2.00. The number of aromatic nitrogens is 5. The van der Waals surface area contributed by atoms with E-state index < -0.39 is 0 Å². The van der Waals surface area contributed by atoms with Gasteiger partial charge in [-0.2, -0.15) is 0 Å². The van der Waals surface area contributed by atoms with Gasteiger partial charge in [-0.25, -0.2) is 24.9 Å². The Morgan fingerprint density at radius 3 is 1.30 bits per heavy atom. The quantitative estimate of drug-likeness (QED) is 0.169. The van der Waals surface area contributed by atoms with Crippen LogP contribution in [0.3, 0.4) is 0 Å². The van der Waals surface area contributed by atoms with Gasteiger partial charge in [0.2, 0.25) is 0 Å². The first-order chi connectivity index (χ1) is 24.8. The van der Waals surface area contributed by atoms with E-state index in [2.05, 4.69) is 107 Å². The summed E-state index contributed by atoms with van der Waals surface area (Å²) in [6.07, 6.45) is 3.53. The Labute approximate surface area is 289 Å². The number of rotatable bonds is 6. The summed E-state index contributed by atoms with van der Waals surface area (Å²) in [5, 5.41) is 4.77. The molecule has 0 saturated heterocycles. The van der Waals surface area contributed by atoms with Crippen molar-refractivity contribution in [1.29, 1.82) is 0 Å². The largest absolute Gasteiger partial charge is 0.237 e. The van der Waals surface area contributed by atoms with Crippen molar-refractivity contribution in [1.82, 2.24) is 24.9 Å². The summed E-state index contributed by atoms with van der Waals surface area (Å²) in [4.78, 5) is 24.1. The highest BCUT2D eigenvalue weighted by Gasteiger charge is 2.17. The maximum absolute atomic E-state index is 5.11. The number of hydrogen-bond acceptors (Lipinski definition) is 5. The van der Waals surface area contributed by atoms with Crippen molar-refractivity contribution in [2.45, 2.75) is 0 Å². The SMILES string of the molecule is c1ccc(-c2nc(-c3ccccc3)nc(-c3cc(-c4ccc(-c5ncccn5)cc4)cc(-c4c5ccccc5cc5ccccc45)c3)n2)cc1. The summed E-state index contributed by atoms with van der Waals surface area (Å²) in [5.41, 5.74) is 8.12. The van der Waals surface area contributed by atoms with Gasteiger partial charge in [0, 0.05) is 34.6 Å². The second-order valence-electron chi connectivity index (χ2n) is 12.2. The second kappa shape index (κ2) is 12.6. The molecule has 5 heteroatoms. The molecule has 0 aliphatic carbocycles. The van der Waals surface area contributed by atoms with Gasteiger partial charge in [0.05, 0.1) is 0 Å². The number of fused-ring (bicyclic) bond motifs is 2. The van der Waals surface area contributed by atoms with Crippen LogP contribution in [0.5, 0.6) is 0 Å². The van der Waals surface area contributed by atoms with Crippen molar-refractivity contribution in [3.63, 3.8) is 0 Å². The fourth-order valence-corrected chi connectivity index (χ4v) is 6.59. The molecule has 0 fully saturated rings. The Hall–Kier alpha value is -6.85. The van der Waals surface area contributed by atoms with Crippen LogP contribution in [-0.4, -0.2) is 24.9 Å². The lowest BCUT2D eigenvalue weighted by atomic mass is 9.89. The zero-order valence-corrected chi connectivity index (χ0v) is 27.0. The van der Waals surface area contributed by atoms with E-state index in [9.17, 15) is 0 Å². The fourth-order valence-electron chi connectivity index (χ4n) is 6.59. The molecule has 0 aliphatic rings. The van der Waals surface area contributed by atoms with Gasteiger partial charge in [0.25, 0.3) is 0 Å². The third kappa shape index (κ3) is 5.57. The Morgan fingerprint density at radius 2 is 0.720 bits per heavy atom. The van der Waals surface area contributed by atoms with Gasteiger partial charge in [-0.1, -0.05) is 133 Å². The van der Waals surface area contributed by atoms with Crippen LogP contribution < -0.4 is 0 Å². The van der Waals surface area contributed by atoms with E-state index in [0.717, 1.165) is 38.9 Å². The fraction of sp³-hybridized carbons (Fsp3) is 0. The van der Waals surface area contributed by atoms with Gasteiger partial charge in [-0.05, 0) is 74.1 Å². The summed E-state index contributed by atoms with van der Waals surface area (Å²) < 4.78 is 0. The third-order valence-electron chi connectivity index (χ3n) is 8.99. The van der Waals surface area contributed by atoms with Gasteiger partial charge in [0.1, 0.15) is 0 Å². The molecule has 0 bridgehead atoms. The molecule has 0 aliphatic heterocycles. The van der Waals surface area contributed by atoms with Crippen LogP contribution in [0.15, 0.2) is 176 Å². The first-order valence-corrected chi connectivity index (χ1v) is 16.6. The minimum atomic E-state index is 0.611. The van der Waals surface area contributed by atoms with E-state index in [1.54, 1.807) is 12.4 Å². The van der Waals surface area contributed by atoms with Crippen LogP contribution in [0.2, 0.25) is 0 Å². The highest BCUT2D eigenvalue weighted by atomic mass is 15.0. The molecule has 5 nitrogen and oxygen atoms in total. The Kier molecular flexibility index (Phi) is 7.41. The van der Waals surface area contributed by atoms with Crippen molar-refractivity contribution < 1.29 is 0 Å². The molecule has 0 atom stereocenters. The second-order valence-corrected chi connectivity index (χ2v) is 12.2. The summed E-state index contributed by atoms with van der Waals surface area (Å²) in [7, 11) is 0. The highest BCUT2D eigenvalue weighted by Crippen LogP contribution is 2.40. The molecular weight excluding hydrogens is 611 g/mol. The van der Waals surface area contributed by atoms with Crippen molar-refractivity contribution in [3.05, 3.63) is 176 Å². The Morgan fingerprint density at radius 1 is 0.280 bits per heavy atom. The van der Waals surface area contributed by atoms with Crippen LogP contribution in [0.1, 0.15) is 0 Å². The predicted octanol–water partition coefficient (Wildman–Crippen LogP) is 11.0. The molecule has 9 aromatic rings. The Balaban J connectivity index is 1.30. The minimum absolute atomic E-state index is 0.611. The maximum Gasteiger partial charge on any atom is 0.164 e. The standard InChI is InChI=1S/C45H29N5/c1-3-12-31(13-4-1)43-48-44(32-14-5-2-6-15-32)50-45(49-43)38-28-36(30-20-22-33(23-21-30)42-46-24-11-25-47-42)27-37(29-38)41-39-18-9-7-16-34(39)26-35-17-8-10-19-40(35)41/h1-29H. The maximum atomic E-state index is 5.11. The zero-order chi connectivity index (χ0) is 33.3. The van der Waals surface area contributed by atoms with Gasteiger partial charge in [-0.3, -0.25) is 0 Å². The first-order valence-electron chi connectivity index (χ1n) is 16.6. The van der Waals surface area contributed by atoms with Crippen molar-refractivity contribution in [2.75, 3.05) is 0 Å². The van der Waals surface area contributed by atoms with Gasteiger partial charge >= 0.3 is 0 Å². The number of nitrogens with zero attached hydrogens (tertiary/aromatic N) is 5. The topological polar surface area (TPSA) is 64.5 Å². The van der Waals surface area contributed by atoms with Crippen molar-refractivity contribution in [2.24, 2.45) is 0 Å². The van der Waals surface area contributed by atoms with E-state index in [-0.39, 0.29) is 0 Å². The lowest BCUT2D eigenvalue weighted by molar-refractivity contribution is 1.07. The van der Waals surface area contributed by atoms with Crippen LogP contribution in [0.4, 0.5) is 0 Å². The molecule has 2 aromatic heterocycles. The summed E-state index contributed by atoms with van der Waals surface area (Å²) in [6, 6.07) is 56.6. The molecule has 234 valence electrons. The average Bonchev–Trinajstić information content (AvgIpc) is 3.20. The van der Waals surface area contributed by atoms with Crippen LogP contribution in [-0.2, 0) is 0 Å². The molecule has 50 heavy (non-hydrogen) atoms. The lowest BCUT2D eigenvalue weighted by Gasteiger charge is -2.16. The van der Waals surface area contributed by atoms with Gasteiger partial charge in [-0.15, -0.1) is 0 Å². The van der Waals surface area contributed by atoms with E-state index in [0.29, 0.717) is 23.3 Å². The van der Waals surface area contributed by atoms with Crippen molar-refractivity contribution in [3.8, 4) is 67.8 Å². The zero-order valence-electron chi connectivity index (χ0n) is 27.0. The molecule has 0 saturated carbocycles. The molecule has 2 heterocycles. The molecule has 0 N–H and O–H groups in total. The number of hydrogen-bond donors (Lipinski definition) is 0. The van der Waals surface area contributed by atoms with E-state index in [1.165, 1.54) is 27.1 Å². The molecule has 0 spiro atoms. The number of benzene rings is 7. The summed E-state index contributed by atoms with van der Waals surface area (Å²) in [5.74, 6) is 2.57. The summed E-state index contributed by atoms with van der Waals surface area (Å²) >= 11 is 0. The van der Waals surface area contributed by atoms with Gasteiger partial charge in [0.15, 0.2) is 23.3 Å². The molecule has 0 radical (unpaired) electrons. The third-order valence-corrected chi connectivity index (χ3v) is 8.99. The molecule has 0 amide bonds. The van der Waals surface area contributed by atoms with Crippen molar-refractivity contribution >= 4 is 21.5 Å². The predicted molar refractivity (Wildman–Crippen MR) is 203 cm³/mol. The Bertz CT molecular complexity index is 2510. The van der Waals surface area contributed by atoms with Crippen LogP contribution in [0.25, 0.3) is 89.4 Å². The first kappa shape index (κ1) is 29.3. The molecule has 0 unspecified atom stereocenters. The van der Waals surface area contributed by atoms with E-state index >= 15 is 0 Å². The van der Waals surface area contributed by atoms with E-state index in [4.69, 9.17) is 15.0 Å². The molecular formula is C45H29N5. The molecule has 9 rings (SSSR count). The highest BCUT2D eigenvalue weighted by molar-refractivity contribution is 6.13. The van der Waals surface area contributed by atoms with Gasteiger partial charge < -0.3 is 0 Å². The van der Waals surface area contributed by atoms with E-state index in [1.807, 2.05) is 66.7 Å². The summed E-state index contributed by atoms with van der Waals surface area (Å²) in [6.45, 7) is 0. The average molecular weight is 640 g/mol. The molecule has 7 aromatic carbocycles. The van der Waals surface area contributed by atoms with Crippen LogP contribution in [0, 0.1) is 0 Å². The minimum Gasteiger partial charge on any atom is -0.237 e.